The van der Waals surface area contributed by atoms with Gasteiger partial charge in [-0.25, -0.2) is 4.39 Å². The number of nitrogens with zero attached hydrogens (tertiary/aromatic N) is 1. The zero-order chi connectivity index (χ0) is 17.0. The zero-order valence-electron chi connectivity index (χ0n) is 14.8. The van der Waals surface area contributed by atoms with Crippen molar-refractivity contribution in [1.29, 1.82) is 0 Å². The number of benzene rings is 1. The molecule has 2 saturated heterocycles. The van der Waals surface area contributed by atoms with Crippen LogP contribution < -0.4 is 5.32 Å². The fourth-order valence-corrected chi connectivity index (χ4v) is 3.68. The van der Waals surface area contributed by atoms with Gasteiger partial charge in [-0.3, -0.25) is 4.90 Å². The molecule has 0 aliphatic carbocycles. The maximum atomic E-state index is 13.7. The van der Waals surface area contributed by atoms with Crippen molar-refractivity contribution in [1.82, 2.24) is 10.2 Å². The van der Waals surface area contributed by atoms with Gasteiger partial charge in [-0.2, -0.15) is 0 Å². The van der Waals surface area contributed by atoms with Crippen molar-refractivity contribution in [2.45, 2.75) is 31.2 Å². The molecule has 2 aliphatic rings. The lowest BCUT2D eigenvalue weighted by Crippen LogP contribution is -2.55. The van der Waals surface area contributed by atoms with Crippen molar-refractivity contribution in [3.8, 4) is 0 Å². The summed E-state index contributed by atoms with van der Waals surface area (Å²) in [4.78, 5) is 2.44. The molecule has 2 aliphatic heterocycles. The topological polar surface area (TPSA) is 33.7 Å². The molecule has 3 rings (SSSR count). The predicted octanol–water partition coefficient (Wildman–Crippen LogP) is 2.18. The number of rotatable bonds is 6. The fourth-order valence-electron chi connectivity index (χ4n) is 3.68. The van der Waals surface area contributed by atoms with E-state index in [9.17, 15) is 4.39 Å². The van der Waals surface area contributed by atoms with Gasteiger partial charge < -0.3 is 14.8 Å². The predicted molar refractivity (Wildman–Crippen MR) is 92.9 cm³/mol. The molecule has 0 amide bonds. The number of hydrogen-bond acceptors (Lipinski definition) is 4. The first kappa shape index (κ1) is 17.8. The number of ether oxygens (including phenoxy) is 2. The van der Waals surface area contributed by atoms with Gasteiger partial charge in [0.05, 0.1) is 19.8 Å². The molecule has 0 aromatic heterocycles. The van der Waals surface area contributed by atoms with Crippen LogP contribution in [0.1, 0.15) is 25.8 Å². The van der Waals surface area contributed by atoms with Crippen molar-refractivity contribution < 1.29 is 13.9 Å². The van der Waals surface area contributed by atoms with Crippen molar-refractivity contribution in [3.05, 3.63) is 35.6 Å². The van der Waals surface area contributed by atoms with Crippen LogP contribution in [0, 0.1) is 5.82 Å². The van der Waals surface area contributed by atoms with Gasteiger partial charge in [0.15, 0.2) is 0 Å². The van der Waals surface area contributed by atoms with Crippen LogP contribution in [-0.4, -0.2) is 63.0 Å². The molecule has 134 valence electrons. The minimum absolute atomic E-state index is 0.0136. The highest BCUT2D eigenvalue weighted by molar-refractivity contribution is 5.28. The maximum absolute atomic E-state index is 13.7. The monoisotopic (exact) mass is 336 g/mol. The molecule has 4 nitrogen and oxygen atoms in total. The SMILES string of the molecule is CC(C)(CN1CCOCC1)NC[C@]1(c2cccc(F)c2)CCOC1. The summed E-state index contributed by atoms with van der Waals surface area (Å²) < 4.78 is 24.8. The average Bonchev–Trinajstić information content (AvgIpc) is 3.04. The molecular weight excluding hydrogens is 307 g/mol. The van der Waals surface area contributed by atoms with Gasteiger partial charge in [0.2, 0.25) is 0 Å². The fraction of sp³-hybridized carbons (Fsp3) is 0.684. The van der Waals surface area contributed by atoms with E-state index in [4.69, 9.17) is 9.47 Å². The Morgan fingerprint density at radius 2 is 2.00 bits per heavy atom. The van der Waals surface area contributed by atoms with Crippen molar-refractivity contribution in [2.24, 2.45) is 0 Å². The van der Waals surface area contributed by atoms with Crippen LogP contribution in [0.25, 0.3) is 0 Å². The summed E-state index contributed by atoms with van der Waals surface area (Å²) in [5, 5.41) is 3.72. The van der Waals surface area contributed by atoms with E-state index in [1.54, 1.807) is 12.1 Å². The molecular formula is C19H29FN2O2. The first-order chi connectivity index (χ1) is 11.5. The van der Waals surface area contributed by atoms with Gasteiger partial charge in [0, 0.05) is 43.7 Å². The Bertz CT molecular complexity index is 538. The van der Waals surface area contributed by atoms with E-state index in [1.165, 1.54) is 6.07 Å². The van der Waals surface area contributed by atoms with E-state index in [0.717, 1.165) is 58.0 Å². The summed E-state index contributed by atoms with van der Waals surface area (Å²) in [6, 6.07) is 6.98. The number of hydrogen-bond donors (Lipinski definition) is 1. The minimum atomic E-state index is -0.175. The third-order valence-electron chi connectivity index (χ3n) is 5.17. The third-order valence-corrected chi connectivity index (χ3v) is 5.17. The van der Waals surface area contributed by atoms with Crippen molar-refractivity contribution in [2.75, 3.05) is 52.6 Å². The Labute approximate surface area is 144 Å². The summed E-state index contributed by atoms with van der Waals surface area (Å²) in [6.45, 7) is 11.2. The quantitative estimate of drug-likeness (QED) is 0.863. The molecule has 0 spiro atoms. The van der Waals surface area contributed by atoms with Gasteiger partial charge >= 0.3 is 0 Å². The van der Waals surface area contributed by atoms with E-state index >= 15 is 0 Å². The summed E-state index contributed by atoms with van der Waals surface area (Å²) in [5.41, 5.74) is 0.889. The highest BCUT2D eigenvalue weighted by atomic mass is 19.1. The molecule has 0 bridgehead atoms. The normalized spacial score (nSPS) is 26.0. The maximum Gasteiger partial charge on any atom is 0.123 e. The summed E-state index contributed by atoms with van der Waals surface area (Å²) >= 11 is 0. The molecule has 1 atom stereocenters. The number of halogens is 1. The van der Waals surface area contributed by atoms with Crippen LogP contribution in [0.4, 0.5) is 4.39 Å². The Kier molecular flexibility index (Phi) is 5.55. The molecule has 5 heteroatoms. The molecule has 1 aromatic rings. The van der Waals surface area contributed by atoms with Crippen LogP contribution in [0.2, 0.25) is 0 Å². The summed E-state index contributed by atoms with van der Waals surface area (Å²) in [5.74, 6) is -0.175. The van der Waals surface area contributed by atoms with Crippen LogP contribution in [0.3, 0.4) is 0 Å². The molecule has 0 unspecified atom stereocenters. The van der Waals surface area contributed by atoms with Crippen LogP contribution in [-0.2, 0) is 14.9 Å². The third kappa shape index (κ3) is 4.33. The molecule has 0 radical (unpaired) electrons. The van der Waals surface area contributed by atoms with Crippen LogP contribution in [0.5, 0.6) is 0 Å². The standard InChI is InChI=1S/C19H29FN2O2/c1-18(2,14-22-7-10-23-11-8-22)21-13-19(6-9-24-15-19)16-4-3-5-17(20)12-16/h3-5,12,21H,6-11,13-15H2,1-2H3/t19-/m1/s1. The van der Waals surface area contributed by atoms with Crippen molar-refractivity contribution in [3.63, 3.8) is 0 Å². The lowest BCUT2D eigenvalue weighted by Gasteiger charge is -2.38. The summed E-state index contributed by atoms with van der Waals surface area (Å²) in [6.07, 6.45) is 0.928. The lowest BCUT2D eigenvalue weighted by atomic mass is 9.79. The van der Waals surface area contributed by atoms with Crippen LogP contribution >= 0.6 is 0 Å². The Morgan fingerprint density at radius 1 is 1.21 bits per heavy atom. The van der Waals surface area contributed by atoms with E-state index in [1.807, 2.05) is 6.07 Å². The van der Waals surface area contributed by atoms with Gasteiger partial charge in [-0.15, -0.1) is 0 Å². The van der Waals surface area contributed by atoms with Crippen molar-refractivity contribution >= 4 is 0 Å². The first-order valence-electron chi connectivity index (χ1n) is 8.88. The molecule has 2 heterocycles. The molecule has 24 heavy (non-hydrogen) atoms. The Hall–Kier alpha value is -1.01. The molecule has 1 N–H and O–H groups in total. The van der Waals surface area contributed by atoms with E-state index in [2.05, 4.69) is 24.1 Å². The molecule has 2 fully saturated rings. The number of morpholine rings is 1. The Balaban J connectivity index is 1.65. The van der Waals surface area contributed by atoms with Gasteiger partial charge in [0.1, 0.15) is 5.82 Å². The van der Waals surface area contributed by atoms with E-state index in [0.29, 0.717) is 6.61 Å². The second-order valence-electron chi connectivity index (χ2n) is 7.72. The highest BCUT2D eigenvalue weighted by Crippen LogP contribution is 2.33. The first-order valence-corrected chi connectivity index (χ1v) is 8.88. The second kappa shape index (κ2) is 7.48. The number of nitrogens with one attached hydrogen (secondary N) is 1. The molecule has 0 saturated carbocycles. The van der Waals surface area contributed by atoms with Gasteiger partial charge in [-0.05, 0) is 38.0 Å². The van der Waals surface area contributed by atoms with Gasteiger partial charge in [0.25, 0.3) is 0 Å². The smallest absolute Gasteiger partial charge is 0.123 e. The van der Waals surface area contributed by atoms with Gasteiger partial charge in [-0.1, -0.05) is 12.1 Å². The average molecular weight is 336 g/mol. The lowest BCUT2D eigenvalue weighted by molar-refractivity contribution is 0.0263. The second-order valence-corrected chi connectivity index (χ2v) is 7.72. The summed E-state index contributed by atoms with van der Waals surface area (Å²) in [7, 11) is 0. The highest BCUT2D eigenvalue weighted by Gasteiger charge is 2.38. The zero-order valence-corrected chi connectivity index (χ0v) is 14.8. The van der Waals surface area contributed by atoms with E-state index < -0.39 is 0 Å². The minimum Gasteiger partial charge on any atom is -0.380 e. The molecule has 1 aromatic carbocycles. The Morgan fingerprint density at radius 3 is 2.67 bits per heavy atom. The largest absolute Gasteiger partial charge is 0.380 e. The van der Waals surface area contributed by atoms with Crippen LogP contribution in [0.15, 0.2) is 24.3 Å². The van der Waals surface area contributed by atoms with E-state index in [-0.39, 0.29) is 16.8 Å².